The Morgan fingerprint density at radius 2 is 2.19 bits per heavy atom. The molecule has 1 saturated heterocycles. The van der Waals surface area contributed by atoms with Gasteiger partial charge in [-0.15, -0.1) is 10.2 Å². The van der Waals surface area contributed by atoms with E-state index < -0.39 is 0 Å². The maximum absolute atomic E-state index is 13.6. The van der Waals surface area contributed by atoms with E-state index in [0.717, 1.165) is 47.7 Å². The summed E-state index contributed by atoms with van der Waals surface area (Å²) >= 11 is 0. The van der Waals surface area contributed by atoms with Gasteiger partial charge in [-0.3, -0.25) is 0 Å². The lowest BCUT2D eigenvalue weighted by molar-refractivity contribution is 0.226. The summed E-state index contributed by atoms with van der Waals surface area (Å²) in [5.74, 6) is 0.587. The minimum Gasteiger partial charge on any atom is -0.365 e. The van der Waals surface area contributed by atoms with Gasteiger partial charge >= 0.3 is 0 Å². The van der Waals surface area contributed by atoms with E-state index in [1.807, 2.05) is 25.1 Å². The molecule has 0 bridgehead atoms. The van der Waals surface area contributed by atoms with Crippen molar-refractivity contribution in [2.45, 2.75) is 32.7 Å². The monoisotopic (exact) mass is 353 g/mol. The van der Waals surface area contributed by atoms with Crippen LogP contribution in [0.15, 0.2) is 30.5 Å². The zero-order valence-electron chi connectivity index (χ0n) is 15.2. The number of halogens is 1. The molecule has 5 nitrogen and oxygen atoms in total. The largest absolute Gasteiger partial charge is 0.365 e. The molecule has 0 spiro atoms. The fourth-order valence-electron chi connectivity index (χ4n) is 3.75. The van der Waals surface area contributed by atoms with Crippen LogP contribution in [0.1, 0.15) is 25.3 Å². The number of anilines is 1. The second-order valence-electron chi connectivity index (χ2n) is 7.03. The van der Waals surface area contributed by atoms with Crippen LogP contribution in [0.25, 0.3) is 22.2 Å². The molecule has 0 amide bonds. The highest BCUT2D eigenvalue weighted by molar-refractivity contribution is 5.85. The van der Waals surface area contributed by atoms with E-state index in [9.17, 15) is 4.39 Å². The Morgan fingerprint density at radius 3 is 3.00 bits per heavy atom. The minimum absolute atomic E-state index is 0.234. The summed E-state index contributed by atoms with van der Waals surface area (Å²) < 4.78 is 13.6. The van der Waals surface area contributed by atoms with E-state index >= 15 is 0 Å². The molecular formula is C20H24FN5. The highest BCUT2D eigenvalue weighted by atomic mass is 19.1. The fourth-order valence-corrected chi connectivity index (χ4v) is 3.75. The molecule has 1 fully saturated rings. The van der Waals surface area contributed by atoms with Crippen LogP contribution in [0.3, 0.4) is 0 Å². The zero-order valence-corrected chi connectivity index (χ0v) is 15.2. The molecule has 26 heavy (non-hydrogen) atoms. The molecule has 3 aromatic rings. The number of aromatic nitrogens is 3. The molecule has 3 heterocycles. The van der Waals surface area contributed by atoms with Crippen molar-refractivity contribution in [3.05, 3.63) is 41.8 Å². The molecule has 1 atom stereocenters. The van der Waals surface area contributed by atoms with Gasteiger partial charge in [0.2, 0.25) is 0 Å². The second kappa shape index (κ2) is 7.03. The molecule has 136 valence electrons. The van der Waals surface area contributed by atoms with Gasteiger partial charge in [0.05, 0.1) is 5.69 Å². The van der Waals surface area contributed by atoms with E-state index in [1.165, 1.54) is 19.2 Å². The maximum Gasteiger partial charge on any atom is 0.149 e. The molecule has 1 aromatic carbocycles. The standard InChI is InChI=1S/C20H24FN5/c1-3-26-8-4-5-15(12-26)23-19-9-13(2)20(25-24-19)14-6-7-16-17(21)11-22-18(16)10-14/h6-7,9-11,15,22H,3-5,8,12H2,1-2H3,(H,23,24)/t15-/m1/s1. The summed E-state index contributed by atoms with van der Waals surface area (Å²) in [6.07, 6.45) is 3.75. The van der Waals surface area contributed by atoms with Crippen LogP contribution in [0.2, 0.25) is 0 Å². The molecule has 2 aromatic heterocycles. The number of hydrogen-bond donors (Lipinski definition) is 2. The summed E-state index contributed by atoms with van der Waals surface area (Å²) in [6, 6.07) is 8.06. The first kappa shape index (κ1) is 17.0. The van der Waals surface area contributed by atoms with Crippen molar-refractivity contribution in [1.82, 2.24) is 20.1 Å². The second-order valence-corrected chi connectivity index (χ2v) is 7.03. The van der Waals surface area contributed by atoms with Crippen molar-refractivity contribution in [2.24, 2.45) is 0 Å². The molecule has 0 unspecified atom stereocenters. The molecule has 1 aliphatic rings. The van der Waals surface area contributed by atoms with Gasteiger partial charge in [0.1, 0.15) is 11.6 Å². The van der Waals surface area contributed by atoms with Crippen LogP contribution in [-0.4, -0.2) is 45.8 Å². The average molecular weight is 353 g/mol. The van der Waals surface area contributed by atoms with E-state index in [4.69, 9.17) is 0 Å². The maximum atomic E-state index is 13.6. The molecule has 0 radical (unpaired) electrons. The summed E-state index contributed by atoms with van der Waals surface area (Å²) in [5.41, 5.74) is 3.58. The quantitative estimate of drug-likeness (QED) is 0.745. The van der Waals surface area contributed by atoms with Crippen LogP contribution in [0.5, 0.6) is 0 Å². The number of hydrogen-bond acceptors (Lipinski definition) is 4. The number of benzene rings is 1. The first-order chi connectivity index (χ1) is 12.6. The van der Waals surface area contributed by atoms with E-state index in [0.29, 0.717) is 11.4 Å². The first-order valence-electron chi connectivity index (χ1n) is 9.24. The van der Waals surface area contributed by atoms with Crippen molar-refractivity contribution in [2.75, 3.05) is 25.0 Å². The van der Waals surface area contributed by atoms with Gasteiger partial charge < -0.3 is 15.2 Å². The predicted octanol–water partition coefficient (Wildman–Crippen LogP) is 3.97. The number of likely N-dealkylation sites (tertiary alicyclic amines) is 1. The highest BCUT2D eigenvalue weighted by Crippen LogP contribution is 2.27. The molecule has 2 N–H and O–H groups in total. The summed E-state index contributed by atoms with van der Waals surface area (Å²) in [4.78, 5) is 5.41. The van der Waals surface area contributed by atoms with Gasteiger partial charge in [0.25, 0.3) is 0 Å². The van der Waals surface area contributed by atoms with Crippen molar-refractivity contribution in [1.29, 1.82) is 0 Å². The Balaban J connectivity index is 1.55. The van der Waals surface area contributed by atoms with Crippen molar-refractivity contribution < 1.29 is 4.39 Å². The smallest absolute Gasteiger partial charge is 0.149 e. The number of nitrogens with zero attached hydrogens (tertiary/aromatic N) is 3. The van der Waals surface area contributed by atoms with Gasteiger partial charge in [-0.25, -0.2) is 4.39 Å². The van der Waals surface area contributed by atoms with Gasteiger partial charge in [0, 0.05) is 35.2 Å². The predicted molar refractivity (Wildman–Crippen MR) is 103 cm³/mol. The number of aryl methyl sites for hydroxylation is 1. The Hall–Kier alpha value is -2.47. The molecule has 1 aliphatic heterocycles. The lowest BCUT2D eigenvalue weighted by atomic mass is 10.0. The number of aromatic amines is 1. The number of fused-ring (bicyclic) bond motifs is 1. The lowest BCUT2D eigenvalue weighted by Crippen LogP contribution is -2.42. The fraction of sp³-hybridized carbons (Fsp3) is 0.400. The Kier molecular flexibility index (Phi) is 4.59. The molecule has 0 aliphatic carbocycles. The third-order valence-corrected chi connectivity index (χ3v) is 5.19. The van der Waals surface area contributed by atoms with Crippen molar-refractivity contribution in [3.8, 4) is 11.3 Å². The number of H-pyrrole nitrogens is 1. The van der Waals surface area contributed by atoms with Gasteiger partial charge in [0.15, 0.2) is 0 Å². The van der Waals surface area contributed by atoms with Crippen LogP contribution in [0, 0.1) is 12.7 Å². The Morgan fingerprint density at radius 1 is 1.31 bits per heavy atom. The van der Waals surface area contributed by atoms with Crippen LogP contribution in [0.4, 0.5) is 10.2 Å². The van der Waals surface area contributed by atoms with Gasteiger partial charge in [-0.2, -0.15) is 0 Å². The SMILES string of the molecule is CCN1CCC[C@@H](Nc2cc(C)c(-c3ccc4c(F)c[nH]c4c3)nn2)C1. The van der Waals surface area contributed by atoms with Crippen molar-refractivity contribution in [3.63, 3.8) is 0 Å². The molecule has 0 saturated carbocycles. The molecular weight excluding hydrogens is 329 g/mol. The van der Waals surface area contributed by atoms with Gasteiger partial charge in [-0.05, 0) is 56.6 Å². The molecule has 4 rings (SSSR count). The van der Waals surface area contributed by atoms with E-state index in [1.54, 1.807) is 6.07 Å². The normalized spacial score (nSPS) is 18.3. The third kappa shape index (κ3) is 3.29. The zero-order chi connectivity index (χ0) is 18.1. The Bertz CT molecular complexity index is 920. The average Bonchev–Trinajstić information content (AvgIpc) is 3.02. The van der Waals surface area contributed by atoms with Crippen LogP contribution in [-0.2, 0) is 0 Å². The van der Waals surface area contributed by atoms with E-state index in [2.05, 4.69) is 32.3 Å². The summed E-state index contributed by atoms with van der Waals surface area (Å²) in [7, 11) is 0. The minimum atomic E-state index is -0.234. The van der Waals surface area contributed by atoms with Crippen LogP contribution < -0.4 is 5.32 Å². The van der Waals surface area contributed by atoms with Gasteiger partial charge in [-0.1, -0.05) is 13.0 Å². The van der Waals surface area contributed by atoms with Crippen molar-refractivity contribution >= 4 is 16.7 Å². The topological polar surface area (TPSA) is 56.8 Å². The molecule has 6 heteroatoms. The van der Waals surface area contributed by atoms with E-state index in [-0.39, 0.29) is 5.82 Å². The lowest BCUT2D eigenvalue weighted by Gasteiger charge is -2.32. The first-order valence-corrected chi connectivity index (χ1v) is 9.24. The highest BCUT2D eigenvalue weighted by Gasteiger charge is 2.19. The summed E-state index contributed by atoms with van der Waals surface area (Å²) in [5, 5.41) is 12.9. The Labute approximate surface area is 152 Å². The van der Waals surface area contributed by atoms with Crippen LogP contribution >= 0.6 is 0 Å². The number of nitrogens with one attached hydrogen (secondary N) is 2. The number of piperidine rings is 1. The number of rotatable bonds is 4. The summed E-state index contributed by atoms with van der Waals surface area (Å²) in [6.45, 7) is 7.56. The number of likely N-dealkylation sites (N-methyl/N-ethyl adjacent to an activating group) is 1. The third-order valence-electron chi connectivity index (χ3n) is 5.19.